The maximum absolute atomic E-state index is 13.3. The molecule has 0 radical (unpaired) electrons. The van der Waals surface area contributed by atoms with Crippen molar-refractivity contribution in [2.24, 2.45) is 0 Å². The Morgan fingerprint density at radius 1 is 1.33 bits per heavy atom. The Balaban J connectivity index is 1.73. The molecule has 8 heteroatoms. The molecule has 2 heterocycles. The van der Waals surface area contributed by atoms with E-state index in [9.17, 15) is 12.8 Å². The van der Waals surface area contributed by atoms with E-state index in [1.165, 1.54) is 18.2 Å². The first-order chi connectivity index (χ1) is 11.4. The van der Waals surface area contributed by atoms with Crippen LogP contribution in [0.3, 0.4) is 0 Å². The van der Waals surface area contributed by atoms with Crippen LogP contribution in [0.2, 0.25) is 0 Å². The molecule has 1 unspecified atom stereocenters. The van der Waals surface area contributed by atoms with Crippen LogP contribution < -0.4 is 9.62 Å². The van der Waals surface area contributed by atoms with Gasteiger partial charge in [-0.15, -0.1) is 0 Å². The van der Waals surface area contributed by atoms with Crippen molar-refractivity contribution in [2.75, 3.05) is 18.0 Å². The molecular weight excluding hydrogens is 331 g/mol. The molecule has 0 aliphatic carbocycles. The van der Waals surface area contributed by atoms with E-state index in [0.717, 1.165) is 37.0 Å². The summed E-state index contributed by atoms with van der Waals surface area (Å²) in [6, 6.07) is 4.76. The fraction of sp³-hybridized carbons (Fsp3) is 0.375. The number of rotatable bonds is 4. The number of sulfonamides is 1. The minimum Gasteiger partial charge on any atom is -0.354 e. The molecule has 3 rings (SSSR count). The highest BCUT2D eigenvalue weighted by atomic mass is 32.2. The third-order valence-corrected chi connectivity index (χ3v) is 5.43. The van der Waals surface area contributed by atoms with Crippen molar-refractivity contribution in [1.29, 1.82) is 0 Å². The predicted molar refractivity (Wildman–Crippen MR) is 88.7 cm³/mol. The first kappa shape index (κ1) is 16.8. The fourth-order valence-electron chi connectivity index (χ4n) is 2.81. The lowest BCUT2D eigenvalue weighted by atomic mass is 10.1. The quantitative estimate of drug-likeness (QED) is 0.911. The standard InChI is InChI=1S/C16H19FN4O2S/c1-12-9-18-10-16(19-12)21-7-3-5-14(11-21)20-24(22,23)15-6-2-4-13(17)8-15/h2,4,6,8-10,14,20H,3,5,7,11H2,1H3. The van der Waals surface area contributed by atoms with E-state index in [1.54, 1.807) is 12.4 Å². The molecule has 1 N–H and O–H groups in total. The minimum absolute atomic E-state index is 0.0602. The molecule has 6 nitrogen and oxygen atoms in total. The van der Waals surface area contributed by atoms with E-state index in [1.807, 2.05) is 11.8 Å². The van der Waals surface area contributed by atoms with Gasteiger partial charge in [0.1, 0.15) is 11.6 Å². The summed E-state index contributed by atoms with van der Waals surface area (Å²) in [5.74, 6) is 0.169. The monoisotopic (exact) mass is 350 g/mol. The SMILES string of the molecule is Cc1cncc(N2CCCC(NS(=O)(=O)c3cccc(F)c3)C2)n1. The summed E-state index contributed by atoms with van der Waals surface area (Å²) in [7, 11) is -3.75. The van der Waals surface area contributed by atoms with E-state index in [-0.39, 0.29) is 10.9 Å². The van der Waals surface area contributed by atoms with Gasteiger partial charge in [-0.25, -0.2) is 22.5 Å². The van der Waals surface area contributed by atoms with Crippen LogP contribution in [0.25, 0.3) is 0 Å². The van der Waals surface area contributed by atoms with Crippen molar-refractivity contribution in [3.05, 3.63) is 48.2 Å². The number of piperidine rings is 1. The molecule has 0 saturated carbocycles. The van der Waals surface area contributed by atoms with Crippen LogP contribution >= 0.6 is 0 Å². The van der Waals surface area contributed by atoms with Gasteiger partial charge in [0.25, 0.3) is 0 Å². The first-order valence-corrected chi connectivity index (χ1v) is 9.24. The van der Waals surface area contributed by atoms with Gasteiger partial charge in [-0.3, -0.25) is 4.98 Å². The predicted octanol–water partition coefficient (Wildman–Crippen LogP) is 1.87. The van der Waals surface area contributed by atoms with Crippen LogP contribution in [0.5, 0.6) is 0 Å². The molecule has 1 aliphatic rings. The topological polar surface area (TPSA) is 75.2 Å². The third kappa shape index (κ3) is 3.88. The molecule has 1 fully saturated rings. The Bertz CT molecular complexity index is 828. The lowest BCUT2D eigenvalue weighted by Gasteiger charge is -2.33. The minimum atomic E-state index is -3.75. The second-order valence-electron chi connectivity index (χ2n) is 5.88. The number of nitrogens with one attached hydrogen (secondary N) is 1. The summed E-state index contributed by atoms with van der Waals surface area (Å²) in [5, 5.41) is 0. The smallest absolute Gasteiger partial charge is 0.240 e. The van der Waals surface area contributed by atoms with Gasteiger partial charge in [0.15, 0.2) is 0 Å². The number of benzene rings is 1. The summed E-state index contributed by atoms with van der Waals surface area (Å²) in [6.07, 6.45) is 4.92. The lowest BCUT2D eigenvalue weighted by molar-refractivity contribution is 0.463. The Labute approximate surface area is 140 Å². The molecule has 1 aromatic heterocycles. The molecule has 2 aromatic rings. The second kappa shape index (κ2) is 6.82. The molecule has 1 saturated heterocycles. The molecular formula is C16H19FN4O2S. The molecule has 0 bridgehead atoms. The van der Waals surface area contributed by atoms with E-state index < -0.39 is 15.8 Å². The van der Waals surface area contributed by atoms with Gasteiger partial charge in [-0.2, -0.15) is 0 Å². The maximum atomic E-state index is 13.3. The van der Waals surface area contributed by atoms with Crippen LogP contribution in [0.1, 0.15) is 18.5 Å². The summed E-state index contributed by atoms with van der Waals surface area (Å²) >= 11 is 0. The summed E-state index contributed by atoms with van der Waals surface area (Å²) in [6.45, 7) is 3.17. The first-order valence-electron chi connectivity index (χ1n) is 7.75. The lowest BCUT2D eigenvalue weighted by Crippen LogP contribution is -2.48. The van der Waals surface area contributed by atoms with Gasteiger partial charge in [0.2, 0.25) is 10.0 Å². The van der Waals surface area contributed by atoms with Crippen molar-refractivity contribution >= 4 is 15.8 Å². The van der Waals surface area contributed by atoms with Gasteiger partial charge < -0.3 is 4.90 Å². The third-order valence-electron chi connectivity index (χ3n) is 3.92. The number of hydrogen-bond acceptors (Lipinski definition) is 5. The van der Waals surface area contributed by atoms with Gasteiger partial charge in [-0.1, -0.05) is 6.07 Å². The molecule has 24 heavy (non-hydrogen) atoms. The average molecular weight is 350 g/mol. The van der Waals surface area contributed by atoms with Crippen LogP contribution in [-0.4, -0.2) is 37.5 Å². The molecule has 1 aliphatic heterocycles. The zero-order valence-electron chi connectivity index (χ0n) is 13.3. The van der Waals surface area contributed by atoms with Gasteiger partial charge in [-0.05, 0) is 38.0 Å². The van der Waals surface area contributed by atoms with Gasteiger partial charge in [0.05, 0.1) is 16.8 Å². The maximum Gasteiger partial charge on any atom is 0.240 e. The Hall–Kier alpha value is -2.06. The highest BCUT2D eigenvalue weighted by molar-refractivity contribution is 7.89. The van der Waals surface area contributed by atoms with E-state index in [2.05, 4.69) is 14.7 Å². The number of hydrogen-bond donors (Lipinski definition) is 1. The normalized spacial score (nSPS) is 18.6. The van der Waals surface area contributed by atoms with E-state index in [4.69, 9.17) is 0 Å². The molecule has 1 atom stereocenters. The summed E-state index contributed by atoms with van der Waals surface area (Å²) in [4.78, 5) is 10.5. The largest absolute Gasteiger partial charge is 0.354 e. The Morgan fingerprint density at radius 2 is 2.17 bits per heavy atom. The highest BCUT2D eigenvalue weighted by Gasteiger charge is 2.26. The molecule has 0 amide bonds. The van der Waals surface area contributed by atoms with Crippen LogP contribution in [0, 0.1) is 12.7 Å². The number of anilines is 1. The number of halogens is 1. The van der Waals surface area contributed by atoms with E-state index >= 15 is 0 Å². The Kier molecular flexibility index (Phi) is 4.77. The number of aromatic nitrogens is 2. The number of aryl methyl sites for hydroxylation is 1. The van der Waals surface area contributed by atoms with Crippen LogP contribution in [-0.2, 0) is 10.0 Å². The van der Waals surface area contributed by atoms with Crippen molar-refractivity contribution < 1.29 is 12.8 Å². The van der Waals surface area contributed by atoms with Crippen LogP contribution in [0.4, 0.5) is 10.2 Å². The van der Waals surface area contributed by atoms with Crippen molar-refractivity contribution in [3.8, 4) is 0 Å². The summed E-state index contributed by atoms with van der Waals surface area (Å²) in [5.41, 5.74) is 0.815. The molecule has 128 valence electrons. The van der Waals surface area contributed by atoms with E-state index in [0.29, 0.717) is 6.54 Å². The molecule has 0 spiro atoms. The highest BCUT2D eigenvalue weighted by Crippen LogP contribution is 2.19. The van der Waals surface area contributed by atoms with Gasteiger partial charge in [0, 0.05) is 25.3 Å². The molecule has 1 aromatic carbocycles. The Morgan fingerprint density at radius 3 is 2.92 bits per heavy atom. The zero-order valence-corrected chi connectivity index (χ0v) is 14.1. The van der Waals surface area contributed by atoms with Gasteiger partial charge >= 0.3 is 0 Å². The fourth-order valence-corrected chi connectivity index (χ4v) is 4.10. The van der Waals surface area contributed by atoms with Crippen molar-refractivity contribution in [1.82, 2.24) is 14.7 Å². The average Bonchev–Trinajstić information content (AvgIpc) is 2.55. The van der Waals surface area contributed by atoms with Crippen molar-refractivity contribution in [3.63, 3.8) is 0 Å². The second-order valence-corrected chi connectivity index (χ2v) is 7.60. The van der Waals surface area contributed by atoms with Crippen LogP contribution in [0.15, 0.2) is 41.6 Å². The zero-order chi connectivity index (χ0) is 17.2. The number of nitrogens with zero attached hydrogens (tertiary/aromatic N) is 3. The summed E-state index contributed by atoms with van der Waals surface area (Å²) < 4.78 is 40.8. The van der Waals surface area contributed by atoms with Crippen molar-refractivity contribution in [2.45, 2.75) is 30.7 Å².